The van der Waals surface area contributed by atoms with E-state index in [1.165, 1.54) is 5.56 Å². The Morgan fingerprint density at radius 2 is 2.20 bits per heavy atom. The van der Waals surface area contributed by atoms with Gasteiger partial charge in [-0.1, -0.05) is 18.2 Å². The first-order valence-corrected chi connectivity index (χ1v) is 5.36. The average Bonchev–Trinajstić information content (AvgIpc) is 2.77. The van der Waals surface area contributed by atoms with E-state index in [4.69, 9.17) is 4.74 Å². The van der Waals surface area contributed by atoms with Gasteiger partial charge in [-0.3, -0.25) is 0 Å². The van der Waals surface area contributed by atoms with Gasteiger partial charge >= 0.3 is 0 Å². The van der Waals surface area contributed by atoms with Crippen LogP contribution in [0.5, 0.6) is 0 Å². The lowest BCUT2D eigenvalue weighted by atomic mass is 10.1. The first-order chi connectivity index (χ1) is 7.34. The number of ether oxygens (including phenoxy) is 1. The molecule has 0 aliphatic carbocycles. The second-order valence-electron chi connectivity index (χ2n) is 4.13. The lowest BCUT2D eigenvalue weighted by molar-refractivity contribution is 0.225. The molecule has 2 unspecified atom stereocenters. The Morgan fingerprint density at radius 1 is 1.33 bits per heavy atom. The summed E-state index contributed by atoms with van der Waals surface area (Å²) < 4.78 is 5.84. The fraction of sp³-hybridized carbons (Fsp3) is 0.417. The molecule has 2 heterocycles. The predicted molar refractivity (Wildman–Crippen MR) is 59.2 cm³/mol. The first kappa shape index (κ1) is 8.92. The van der Waals surface area contributed by atoms with Gasteiger partial charge in [0.05, 0.1) is 0 Å². The molecule has 3 nitrogen and oxygen atoms in total. The summed E-state index contributed by atoms with van der Waals surface area (Å²) in [6, 6.07) is 8.55. The summed E-state index contributed by atoms with van der Waals surface area (Å²) in [5.41, 5.74) is 2.36. The molecule has 1 N–H and O–H groups in total. The quantitative estimate of drug-likeness (QED) is 0.740. The van der Waals surface area contributed by atoms with Gasteiger partial charge in [0.1, 0.15) is 12.1 Å². The minimum absolute atomic E-state index is 0.250. The standard InChI is InChI=1S/C12H14N2O/c1-8-4-2-3-5-9(8)12-14-10-6-13-7-11(10)15-12/h2-5,10-11,13H,6-7H2,1H3. The minimum Gasteiger partial charge on any atom is -0.470 e. The maximum Gasteiger partial charge on any atom is 0.217 e. The summed E-state index contributed by atoms with van der Waals surface area (Å²) in [7, 11) is 0. The van der Waals surface area contributed by atoms with E-state index < -0.39 is 0 Å². The number of rotatable bonds is 1. The Kier molecular flexibility index (Phi) is 1.99. The normalized spacial score (nSPS) is 28.5. The van der Waals surface area contributed by atoms with Crippen LogP contribution in [0.1, 0.15) is 11.1 Å². The highest BCUT2D eigenvalue weighted by Crippen LogP contribution is 2.22. The third-order valence-electron chi connectivity index (χ3n) is 3.05. The molecule has 0 amide bonds. The Bertz CT molecular complexity index is 414. The van der Waals surface area contributed by atoms with E-state index in [1.807, 2.05) is 12.1 Å². The Labute approximate surface area is 89.2 Å². The average molecular weight is 202 g/mol. The fourth-order valence-electron chi connectivity index (χ4n) is 2.16. The van der Waals surface area contributed by atoms with Crippen LogP contribution in [0.25, 0.3) is 0 Å². The maximum atomic E-state index is 5.84. The predicted octanol–water partition coefficient (Wildman–Crippen LogP) is 1.11. The van der Waals surface area contributed by atoms with Gasteiger partial charge in [0.15, 0.2) is 0 Å². The maximum absolute atomic E-state index is 5.84. The molecular weight excluding hydrogens is 188 g/mol. The van der Waals surface area contributed by atoms with Crippen LogP contribution in [0.3, 0.4) is 0 Å². The number of fused-ring (bicyclic) bond motifs is 1. The van der Waals surface area contributed by atoms with E-state index in [0.29, 0.717) is 6.04 Å². The van der Waals surface area contributed by atoms with Crippen molar-refractivity contribution in [3.63, 3.8) is 0 Å². The van der Waals surface area contributed by atoms with Gasteiger partial charge in [-0.2, -0.15) is 0 Å². The SMILES string of the molecule is Cc1ccccc1C1=NC2CNCC2O1. The van der Waals surface area contributed by atoms with Crippen molar-refractivity contribution in [2.45, 2.75) is 19.1 Å². The number of hydrogen-bond donors (Lipinski definition) is 1. The van der Waals surface area contributed by atoms with E-state index in [0.717, 1.165) is 24.6 Å². The van der Waals surface area contributed by atoms with Gasteiger partial charge in [0, 0.05) is 18.7 Å². The number of hydrogen-bond acceptors (Lipinski definition) is 3. The van der Waals surface area contributed by atoms with Crippen molar-refractivity contribution in [2.75, 3.05) is 13.1 Å². The van der Waals surface area contributed by atoms with Gasteiger partial charge in [-0.25, -0.2) is 4.99 Å². The van der Waals surface area contributed by atoms with Gasteiger partial charge in [-0.05, 0) is 18.6 Å². The molecule has 1 aromatic carbocycles. The third-order valence-corrected chi connectivity index (χ3v) is 3.05. The Morgan fingerprint density at radius 3 is 3.00 bits per heavy atom. The smallest absolute Gasteiger partial charge is 0.217 e. The molecule has 0 aromatic heterocycles. The summed E-state index contributed by atoms with van der Waals surface area (Å²) in [4.78, 5) is 4.61. The highest BCUT2D eigenvalue weighted by Gasteiger charge is 2.35. The van der Waals surface area contributed by atoms with Crippen LogP contribution < -0.4 is 5.32 Å². The number of aliphatic imine (C=N–C) groups is 1. The van der Waals surface area contributed by atoms with Crippen molar-refractivity contribution in [1.29, 1.82) is 0 Å². The monoisotopic (exact) mass is 202 g/mol. The van der Waals surface area contributed by atoms with Crippen LogP contribution in [0.2, 0.25) is 0 Å². The number of nitrogens with one attached hydrogen (secondary N) is 1. The van der Waals surface area contributed by atoms with Gasteiger partial charge in [0.2, 0.25) is 5.90 Å². The summed E-state index contributed by atoms with van der Waals surface area (Å²) in [6.07, 6.45) is 0.250. The summed E-state index contributed by atoms with van der Waals surface area (Å²) in [5.74, 6) is 0.824. The first-order valence-electron chi connectivity index (χ1n) is 5.36. The molecule has 3 rings (SSSR count). The number of nitrogens with zero attached hydrogens (tertiary/aromatic N) is 1. The molecule has 1 fully saturated rings. The van der Waals surface area contributed by atoms with Crippen molar-refractivity contribution >= 4 is 5.90 Å². The fourth-order valence-corrected chi connectivity index (χ4v) is 2.16. The lowest BCUT2D eigenvalue weighted by Gasteiger charge is -2.09. The minimum atomic E-state index is 0.250. The van der Waals surface area contributed by atoms with Gasteiger partial charge in [-0.15, -0.1) is 0 Å². The largest absolute Gasteiger partial charge is 0.470 e. The molecule has 1 aromatic rings. The van der Waals surface area contributed by atoms with Crippen LogP contribution in [0.4, 0.5) is 0 Å². The molecule has 2 atom stereocenters. The van der Waals surface area contributed by atoms with Crippen molar-refractivity contribution in [3.05, 3.63) is 35.4 Å². The highest BCUT2D eigenvalue weighted by molar-refractivity contribution is 5.96. The van der Waals surface area contributed by atoms with E-state index in [2.05, 4.69) is 29.4 Å². The summed E-state index contributed by atoms with van der Waals surface area (Å²) in [5, 5.41) is 3.28. The molecule has 78 valence electrons. The molecule has 1 saturated heterocycles. The summed E-state index contributed by atoms with van der Waals surface area (Å²) >= 11 is 0. The van der Waals surface area contributed by atoms with Crippen LogP contribution in [-0.2, 0) is 4.74 Å². The van der Waals surface area contributed by atoms with Gasteiger partial charge in [0.25, 0.3) is 0 Å². The van der Waals surface area contributed by atoms with E-state index in [9.17, 15) is 0 Å². The number of aryl methyl sites for hydroxylation is 1. The second-order valence-corrected chi connectivity index (χ2v) is 4.13. The van der Waals surface area contributed by atoms with Crippen molar-refractivity contribution in [2.24, 2.45) is 4.99 Å². The van der Waals surface area contributed by atoms with E-state index in [1.54, 1.807) is 0 Å². The van der Waals surface area contributed by atoms with Crippen LogP contribution in [0.15, 0.2) is 29.3 Å². The molecule has 15 heavy (non-hydrogen) atoms. The van der Waals surface area contributed by atoms with Crippen molar-refractivity contribution in [3.8, 4) is 0 Å². The third kappa shape index (κ3) is 1.43. The van der Waals surface area contributed by atoms with Crippen molar-refractivity contribution in [1.82, 2.24) is 5.32 Å². The molecule has 0 radical (unpaired) electrons. The zero-order valence-electron chi connectivity index (χ0n) is 8.73. The Balaban J connectivity index is 1.93. The zero-order chi connectivity index (χ0) is 10.3. The Hall–Kier alpha value is -1.35. The molecule has 2 aliphatic heterocycles. The number of benzene rings is 1. The summed E-state index contributed by atoms with van der Waals surface area (Å²) in [6.45, 7) is 3.96. The molecule has 3 heteroatoms. The van der Waals surface area contributed by atoms with E-state index in [-0.39, 0.29) is 6.10 Å². The van der Waals surface area contributed by atoms with Crippen LogP contribution >= 0.6 is 0 Å². The topological polar surface area (TPSA) is 33.6 Å². The molecule has 2 aliphatic rings. The molecular formula is C12H14N2O. The van der Waals surface area contributed by atoms with Crippen LogP contribution in [-0.4, -0.2) is 31.1 Å². The molecule has 0 saturated carbocycles. The molecule has 0 bridgehead atoms. The van der Waals surface area contributed by atoms with Gasteiger partial charge < -0.3 is 10.1 Å². The van der Waals surface area contributed by atoms with E-state index >= 15 is 0 Å². The zero-order valence-corrected chi connectivity index (χ0v) is 8.73. The lowest BCUT2D eigenvalue weighted by Crippen LogP contribution is -2.20. The molecule has 0 spiro atoms. The second kappa shape index (κ2) is 3.35. The van der Waals surface area contributed by atoms with Crippen LogP contribution in [0, 0.1) is 6.92 Å². The highest BCUT2D eigenvalue weighted by atomic mass is 16.5. The van der Waals surface area contributed by atoms with Crippen molar-refractivity contribution < 1.29 is 4.74 Å².